The van der Waals surface area contributed by atoms with E-state index in [-0.39, 0.29) is 11.3 Å². The number of halogens is 1. The minimum absolute atomic E-state index is 0.0353. The van der Waals surface area contributed by atoms with E-state index in [0.717, 1.165) is 6.07 Å². The van der Waals surface area contributed by atoms with Gasteiger partial charge in [-0.2, -0.15) is 0 Å². The summed E-state index contributed by atoms with van der Waals surface area (Å²) in [4.78, 5) is 46.3. The molecule has 1 atom stereocenters. The molecular weight excluding hydrogens is 420 g/mol. The van der Waals surface area contributed by atoms with Crippen LogP contribution in [-0.4, -0.2) is 35.2 Å². The van der Waals surface area contributed by atoms with E-state index in [1.54, 1.807) is 24.3 Å². The molecule has 0 aliphatic heterocycles. The smallest absolute Gasteiger partial charge is 0.328 e. The first-order valence-corrected chi connectivity index (χ1v) is 8.58. The van der Waals surface area contributed by atoms with Gasteiger partial charge in [0, 0.05) is 27.7 Å². The third-order valence-corrected chi connectivity index (χ3v) is 4.23. The Labute approximate surface area is 162 Å². The van der Waals surface area contributed by atoms with Gasteiger partial charge < -0.3 is 10.1 Å². The first kappa shape index (κ1) is 20.2. The quantitative estimate of drug-likeness (QED) is 0.310. The van der Waals surface area contributed by atoms with Crippen molar-refractivity contribution in [2.24, 2.45) is 0 Å². The van der Waals surface area contributed by atoms with Crippen molar-refractivity contribution in [2.75, 3.05) is 6.61 Å². The van der Waals surface area contributed by atoms with Crippen molar-refractivity contribution in [1.82, 2.24) is 5.32 Å². The van der Waals surface area contributed by atoms with Crippen LogP contribution in [0.2, 0.25) is 0 Å². The van der Waals surface area contributed by atoms with Gasteiger partial charge in [0.05, 0.1) is 4.92 Å². The summed E-state index contributed by atoms with van der Waals surface area (Å²) in [6, 6.07) is 10.8. The molecule has 1 amide bonds. The Hall–Kier alpha value is -3.07. The molecule has 0 aliphatic carbocycles. The second kappa shape index (κ2) is 9.04. The highest BCUT2D eigenvalue weighted by molar-refractivity contribution is 9.10. The summed E-state index contributed by atoms with van der Waals surface area (Å²) in [7, 11) is 0. The number of esters is 1. The van der Waals surface area contributed by atoms with Crippen LogP contribution in [0.15, 0.2) is 53.0 Å². The van der Waals surface area contributed by atoms with Gasteiger partial charge in [0.25, 0.3) is 11.6 Å². The fourth-order valence-corrected chi connectivity index (χ4v) is 2.63. The van der Waals surface area contributed by atoms with Crippen molar-refractivity contribution in [2.45, 2.75) is 13.0 Å². The number of nitrogens with zero attached hydrogens (tertiary/aromatic N) is 1. The average molecular weight is 435 g/mol. The number of rotatable bonds is 7. The second-order valence-electron chi connectivity index (χ2n) is 5.51. The molecule has 0 bridgehead atoms. The van der Waals surface area contributed by atoms with E-state index >= 15 is 0 Å². The maximum atomic E-state index is 12.1. The van der Waals surface area contributed by atoms with Crippen LogP contribution < -0.4 is 5.32 Å². The van der Waals surface area contributed by atoms with Gasteiger partial charge in [-0.1, -0.05) is 40.2 Å². The van der Waals surface area contributed by atoms with E-state index in [9.17, 15) is 24.5 Å². The third kappa shape index (κ3) is 5.45. The standard InChI is InChI=1S/C18H15BrN2O6/c1-11(20-17(23)12-5-4-6-13(9-12)21(25)26)18(24)27-10-16(22)14-7-2-3-8-15(14)19/h2-9,11H,10H2,1H3,(H,20,23)/t11-/m0/s1. The Morgan fingerprint density at radius 3 is 2.56 bits per heavy atom. The molecule has 8 nitrogen and oxygen atoms in total. The van der Waals surface area contributed by atoms with Crippen LogP contribution in [0, 0.1) is 10.1 Å². The number of carbonyl (C=O) groups is 3. The number of ketones is 1. The summed E-state index contributed by atoms with van der Waals surface area (Å²) in [6.07, 6.45) is 0. The van der Waals surface area contributed by atoms with Gasteiger partial charge in [-0.05, 0) is 19.1 Å². The SMILES string of the molecule is C[C@H](NC(=O)c1cccc([N+](=O)[O-])c1)C(=O)OCC(=O)c1ccccc1Br. The van der Waals surface area contributed by atoms with Crippen molar-refractivity contribution in [1.29, 1.82) is 0 Å². The molecule has 0 heterocycles. The Kier molecular flexibility index (Phi) is 6.78. The summed E-state index contributed by atoms with van der Waals surface area (Å²) in [5.74, 6) is -1.86. The fourth-order valence-electron chi connectivity index (χ4n) is 2.13. The van der Waals surface area contributed by atoms with Crippen molar-refractivity contribution < 1.29 is 24.0 Å². The highest BCUT2D eigenvalue weighted by Gasteiger charge is 2.21. The molecule has 2 aromatic carbocycles. The predicted octanol–water partition coefficient (Wildman–Crippen LogP) is 2.90. The van der Waals surface area contributed by atoms with Crippen molar-refractivity contribution in [3.63, 3.8) is 0 Å². The topological polar surface area (TPSA) is 116 Å². The lowest BCUT2D eigenvalue weighted by Gasteiger charge is -2.13. The zero-order valence-electron chi connectivity index (χ0n) is 14.2. The molecule has 9 heteroatoms. The van der Waals surface area contributed by atoms with Crippen molar-refractivity contribution in [3.8, 4) is 0 Å². The van der Waals surface area contributed by atoms with E-state index in [1.807, 2.05) is 0 Å². The summed E-state index contributed by atoms with van der Waals surface area (Å²) in [5.41, 5.74) is 0.170. The van der Waals surface area contributed by atoms with E-state index in [2.05, 4.69) is 21.2 Å². The number of non-ortho nitro benzene ring substituents is 1. The number of nitro groups is 1. The molecule has 0 aromatic heterocycles. The third-order valence-electron chi connectivity index (χ3n) is 3.54. The summed E-state index contributed by atoms with van der Waals surface area (Å²) < 4.78 is 5.52. The number of carbonyl (C=O) groups excluding carboxylic acids is 3. The zero-order valence-corrected chi connectivity index (χ0v) is 15.8. The van der Waals surface area contributed by atoms with Crippen LogP contribution in [0.3, 0.4) is 0 Å². The summed E-state index contributed by atoms with van der Waals surface area (Å²) in [5, 5.41) is 13.1. The van der Waals surface area contributed by atoms with Crippen LogP contribution in [0.4, 0.5) is 5.69 Å². The number of benzene rings is 2. The predicted molar refractivity (Wildman–Crippen MR) is 99.5 cm³/mol. The van der Waals surface area contributed by atoms with Crippen LogP contribution in [0.25, 0.3) is 0 Å². The molecule has 2 aromatic rings. The Balaban J connectivity index is 1.92. The molecular formula is C18H15BrN2O6. The molecule has 0 saturated heterocycles. The van der Waals surface area contributed by atoms with Crippen LogP contribution >= 0.6 is 15.9 Å². The molecule has 0 radical (unpaired) electrons. The number of nitro benzene ring substituents is 1. The lowest BCUT2D eigenvalue weighted by atomic mass is 10.1. The van der Waals surface area contributed by atoms with Crippen LogP contribution in [0.1, 0.15) is 27.6 Å². The molecule has 0 fully saturated rings. The maximum absolute atomic E-state index is 12.1. The van der Waals surface area contributed by atoms with Crippen LogP contribution in [0.5, 0.6) is 0 Å². The molecule has 0 spiro atoms. The van der Waals surface area contributed by atoms with E-state index in [1.165, 1.54) is 25.1 Å². The van der Waals surface area contributed by atoms with Gasteiger partial charge in [0.15, 0.2) is 6.61 Å². The number of hydrogen-bond donors (Lipinski definition) is 1. The van der Waals surface area contributed by atoms with Crippen molar-refractivity contribution >= 4 is 39.3 Å². The minimum Gasteiger partial charge on any atom is -0.456 e. The Bertz CT molecular complexity index is 899. The number of amides is 1. The maximum Gasteiger partial charge on any atom is 0.328 e. The van der Waals surface area contributed by atoms with Gasteiger partial charge >= 0.3 is 5.97 Å². The molecule has 0 saturated carbocycles. The molecule has 140 valence electrons. The molecule has 0 unspecified atom stereocenters. The Morgan fingerprint density at radius 1 is 1.19 bits per heavy atom. The average Bonchev–Trinajstić information content (AvgIpc) is 2.66. The Morgan fingerprint density at radius 2 is 1.89 bits per heavy atom. The number of hydrogen-bond acceptors (Lipinski definition) is 6. The summed E-state index contributed by atoms with van der Waals surface area (Å²) >= 11 is 3.24. The molecule has 1 N–H and O–H groups in total. The summed E-state index contributed by atoms with van der Waals surface area (Å²) in [6.45, 7) is 0.916. The highest BCUT2D eigenvalue weighted by atomic mass is 79.9. The number of Topliss-reactive ketones (excluding diaryl/α,β-unsaturated/α-hetero) is 1. The second-order valence-corrected chi connectivity index (χ2v) is 6.37. The zero-order chi connectivity index (χ0) is 20.0. The minimum atomic E-state index is -1.04. The number of nitrogens with one attached hydrogen (secondary N) is 1. The normalized spacial score (nSPS) is 11.3. The molecule has 0 aliphatic rings. The van der Waals surface area contributed by atoms with E-state index in [4.69, 9.17) is 4.74 Å². The van der Waals surface area contributed by atoms with Gasteiger partial charge in [-0.25, -0.2) is 4.79 Å². The number of ether oxygens (including phenoxy) is 1. The first-order chi connectivity index (χ1) is 12.8. The van der Waals surface area contributed by atoms with Gasteiger partial charge in [-0.3, -0.25) is 19.7 Å². The van der Waals surface area contributed by atoms with Gasteiger partial charge in [-0.15, -0.1) is 0 Å². The van der Waals surface area contributed by atoms with Crippen LogP contribution in [-0.2, 0) is 9.53 Å². The van der Waals surface area contributed by atoms with Gasteiger partial charge in [0.2, 0.25) is 5.78 Å². The monoisotopic (exact) mass is 434 g/mol. The lowest BCUT2D eigenvalue weighted by molar-refractivity contribution is -0.384. The van der Waals surface area contributed by atoms with E-state index < -0.39 is 35.2 Å². The van der Waals surface area contributed by atoms with Gasteiger partial charge in [0.1, 0.15) is 6.04 Å². The lowest BCUT2D eigenvalue weighted by Crippen LogP contribution is -2.40. The first-order valence-electron chi connectivity index (χ1n) is 7.79. The fraction of sp³-hybridized carbons (Fsp3) is 0.167. The van der Waals surface area contributed by atoms with Crippen molar-refractivity contribution in [3.05, 3.63) is 74.2 Å². The highest BCUT2D eigenvalue weighted by Crippen LogP contribution is 2.16. The molecule has 27 heavy (non-hydrogen) atoms. The largest absolute Gasteiger partial charge is 0.456 e. The molecule has 2 rings (SSSR count). The van der Waals surface area contributed by atoms with E-state index in [0.29, 0.717) is 10.0 Å².